The largest absolute Gasteiger partial charge is 0.357 e. The molecule has 0 unspecified atom stereocenters. The van der Waals surface area contributed by atoms with E-state index >= 15 is 0 Å². The van der Waals surface area contributed by atoms with Crippen LogP contribution >= 0.6 is 0 Å². The molecule has 0 N–H and O–H groups in total. The fourth-order valence-electron chi connectivity index (χ4n) is 3.43. The number of nitrogens with zero attached hydrogens (tertiary/aromatic N) is 3. The Kier molecular flexibility index (Phi) is 5.25. The first-order valence-electron chi connectivity index (χ1n) is 8.65. The summed E-state index contributed by atoms with van der Waals surface area (Å²) < 4.78 is 0. The Morgan fingerprint density at radius 2 is 1.81 bits per heavy atom. The van der Waals surface area contributed by atoms with Crippen molar-refractivity contribution in [2.45, 2.75) is 64.2 Å². The van der Waals surface area contributed by atoms with E-state index in [2.05, 4.69) is 27.0 Å². The number of anilines is 1. The summed E-state index contributed by atoms with van der Waals surface area (Å²) in [6.45, 7) is 2.31. The quantitative estimate of drug-likeness (QED) is 0.576. The van der Waals surface area contributed by atoms with E-state index in [1.54, 1.807) is 11.9 Å². The number of aromatic nitrogens is 2. The van der Waals surface area contributed by atoms with Crippen LogP contribution in [0.5, 0.6) is 0 Å². The number of hydrogen-bond acceptors (Lipinski definition) is 3. The SMILES string of the molecule is C1=C(CCCCc2cc(N3CCCC3)ncn2)CCCC1. The molecule has 1 aromatic heterocycles. The van der Waals surface area contributed by atoms with Gasteiger partial charge in [-0.15, -0.1) is 0 Å². The van der Waals surface area contributed by atoms with Crippen molar-refractivity contribution >= 4 is 5.82 Å². The molecule has 0 spiro atoms. The molecule has 1 saturated heterocycles. The second-order valence-electron chi connectivity index (χ2n) is 6.38. The molecule has 0 atom stereocenters. The smallest absolute Gasteiger partial charge is 0.132 e. The lowest BCUT2D eigenvalue weighted by atomic mass is 9.95. The molecule has 1 fully saturated rings. The van der Waals surface area contributed by atoms with E-state index in [4.69, 9.17) is 0 Å². The van der Waals surface area contributed by atoms with Crippen LogP contribution in [0.2, 0.25) is 0 Å². The van der Waals surface area contributed by atoms with E-state index in [1.807, 2.05) is 0 Å². The van der Waals surface area contributed by atoms with Gasteiger partial charge in [0.05, 0.1) is 0 Å². The van der Waals surface area contributed by atoms with Crippen molar-refractivity contribution < 1.29 is 0 Å². The predicted molar refractivity (Wildman–Crippen MR) is 87.6 cm³/mol. The molecular weight excluding hydrogens is 258 g/mol. The van der Waals surface area contributed by atoms with Gasteiger partial charge >= 0.3 is 0 Å². The van der Waals surface area contributed by atoms with Crippen molar-refractivity contribution in [2.75, 3.05) is 18.0 Å². The highest BCUT2D eigenvalue weighted by Gasteiger charge is 2.13. The summed E-state index contributed by atoms with van der Waals surface area (Å²) in [6, 6.07) is 2.20. The zero-order valence-electron chi connectivity index (χ0n) is 13.1. The Labute approximate surface area is 128 Å². The van der Waals surface area contributed by atoms with Gasteiger partial charge in [-0.2, -0.15) is 0 Å². The summed E-state index contributed by atoms with van der Waals surface area (Å²) in [4.78, 5) is 11.3. The fraction of sp³-hybridized carbons (Fsp3) is 0.667. The summed E-state index contributed by atoms with van der Waals surface area (Å²) in [5, 5.41) is 0. The topological polar surface area (TPSA) is 29.0 Å². The van der Waals surface area contributed by atoms with Crippen molar-refractivity contribution in [1.29, 1.82) is 0 Å². The summed E-state index contributed by atoms with van der Waals surface area (Å²) in [6.07, 6.45) is 17.2. The van der Waals surface area contributed by atoms with E-state index in [0.29, 0.717) is 0 Å². The fourth-order valence-corrected chi connectivity index (χ4v) is 3.43. The second-order valence-corrected chi connectivity index (χ2v) is 6.38. The van der Waals surface area contributed by atoms with E-state index in [-0.39, 0.29) is 0 Å². The molecule has 3 heteroatoms. The normalized spacial score (nSPS) is 18.9. The maximum absolute atomic E-state index is 4.44. The lowest BCUT2D eigenvalue weighted by Crippen LogP contribution is -2.19. The minimum atomic E-state index is 1.09. The zero-order valence-corrected chi connectivity index (χ0v) is 13.1. The molecule has 0 saturated carbocycles. The molecular formula is C18H27N3. The van der Waals surface area contributed by atoms with E-state index in [9.17, 15) is 0 Å². The predicted octanol–water partition coefficient (Wildman–Crippen LogP) is 4.29. The van der Waals surface area contributed by atoms with Crippen LogP contribution in [0.25, 0.3) is 0 Å². The third-order valence-electron chi connectivity index (χ3n) is 4.71. The molecule has 0 radical (unpaired) electrons. The Morgan fingerprint density at radius 3 is 2.62 bits per heavy atom. The average Bonchev–Trinajstić information content (AvgIpc) is 3.07. The molecule has 1 aromatic rings. The molecule has 1 aliphatic carbocycles. The minimum absolute atomic E-state index is 1.09. The van der Waals surface area contributed by atoms with Crippen molar-refractivity contribution in [3.05, 3.63) is 29.7 Å². The van der Waals surface area contributed by atoms with Crippen LogP contribution < -0.4 is 4.90 Å². The number of rotatable bonds is 6. The Morgan fingerprint density at radius 1 is 0.952 bits per heavy atom. The van der Waals surface area contributed by atoms with Crippen LogP contribution in [0.3, 0.4) is 0 Å². The molecule has 0 amide bonds. The van der Waals surface area contributed by atoms with Gasteiger partial charge in [0.2, 0.25) is 0 Å². The van der Waals surface area contributed by atoms with Crippen LogP contribution in [0.4, 0.5) is 5.82 Å². The molecule has 21 heavy (non-hydrogen) atoms. The summed E-state index contributed by atoms with van der Waals surface area (Å²) in [7, 11) is 0. The molecule has 3 rings (SSSR count). The Hall–Kier alpha value is -1.38. The van der Waals surface area contributed by atoms with Gasteiger partial charge in [-0.3, -0.25) is 0 Å². The molecule has 3 nitrogen and oxygen atoms in total. The first kappa shape index (κ1) is 14.6. The highest BCUT2D eigenvalue weighted by Crippen LogP contribution is 2.23. The monoisotopic (exact) mass is 285 g/mol. The lowest BCUT2D eigenvalue weighted by molar-refractivity contribution is 0.640. The molecule has 1 aliphatic heterocycles. The highest BCUT2D eigenvalue weighted by atomic mass is 15.2. The van der Waals surface area contributed by atoms with E-state index in [0.717, 1.165) is 25.3 Å². The molecule has 0 bridgehead atoms. The lowest BCUT2D eigenvalue weighted by Gasteiger charge is -2.16. The van der Waals surface area contributed by atoms with Crippen molar-refractivity contribution in [2.24, 2.45) is 0 Å². The minimum Gasteiger partial charge on any atom is -0.357 e. The van der Waals surface area contributed by atoms with Gasteiger partial charge in [-0.05, 0) is 64.2 Å². The van der Waals surface area contributed by atoms with E-state index in [1.165, 1.54) is 63.5 Å². The highest BCUT2D eigenvalue weighted by molar-refractivity contribution is 5.39. The molecule has 114 valence electrons. The van der Waals surface area contributed by atoms with Gasteiger partial charge < -0.3 is 4.90 Å². The third-order valence-corrected chi connectivity index (χ3v) is 4.71. The Balaban J connectivity index is 1.44. The average molecular weight is 285 g/mol. The van der Waals surface area contributed by atoms with E-state index < -0.39 is 0 Å². The molecule has 2 aliphatic rings. The summed E-state index contributed by atoms with van der Waals surface area (Å²) >= 11 is 0. The first-order valence-corrected chi connectivity index (χ1v) is 8.65. The molecule has 2 heterocycles. The number of allylic oxidation sites excluding steroid dienone is 2. The van der Waals surface area contributed by atoms with Crippen molar-refractivity contribution in [1.82, 2.24) is 9.97 Å². The number of unbranched alkanes of at least 4 members (excludes halogenated alkanes) is 1. The zero-order chi connectivity index (χ0) is 14.3. The van der Waals surface area contributed by atoms with Gasteiger partial charge in [-0.1, -0.05) is 11.6 Å². The number of aryl methyl sites for hydroxylation is 1. The van der Waals surface area contributed by atoms with Gasteiger partial charge in [0, 0.05) is 24.8 Å². The number of hydrogen-bond donors (Lipinski definition) is 0. The van der Waals surface area contributed by atoms with Gasteiger partial charge in [0.1, 0.15) is 12.1 Å². The summed E-state index contributed by atoms with van der Waals surface area (Å²) in [5.74, 6) is 1.13. The maximum atomic E-state index is 4.44. The van der Waals surface area contributed by atoms with Crippen LogP contribution in [0, 0.1) is 0 Å². The van der Waals surface area contributed by atoms with Gasteiger partial charge in [-0.25, -0.2) is 9.97 Å². The van der Waals surface area contributed by atoms with Crippen molar-refractivity contribution in [3.8, 4) is 0 Å². The van der Waals surface area contributed by atoms with Gasteiger partial charge in [0.15, 0.2) is 0 Å². The van der Waals surface area contributed by atoms with Crippen LogP contribution in [-0.2, 0) is 6.42 Å². The van der Waals surface area contributed by atoms with Crippen LogP contribution in [0.1, 0.15) is 63.5 Å². The summed E-state index contributed by atoms with van der Waals surface area (Å²) in [5.41, 5.74) is 2.91. The standard InChI is InChI=1S/C18H27N3/c1-2-8-16(9-3-1)10-4-5-11-17-14-18(20-15-19-17)21-12-6-7-13-21/h8,14-15H,1-7,9-13H2. The first-order chi connectivity index (χ1) is 10.4. The molecule has 0 aromatic carbocycles. The van der Waals surface area contributed by atoms with Gasteiger partial charge in [0.25, 0.3) is 0 Å². The second kappa shape index (κ2) is 7.58. The maximum Gasteiger partial charge on any atom is 0.132 e. The third kappa shape index (κ3) is 4.29. The van der Waals surface area contributed by atoms with Crippen LogP contribution in [0.15, 0.2) is 24.0 Å². The Bertz CT molecular complexity index is 475. The van der Waals surface area contributed by atoms with Crippen molar-refractivity contribution in [3.63, 3.8) is 0 Å². The van der Waals surface area contributed by atoms with Crippen LogP contribution in [-0.4, -0.2) is 23.1 Å².